The van der Waals surface area contributed by atoms with E-state index in [2.05, 4.69) is 15.0 Å². The molecule has 0 unspecified atom stereocenters. The van der Waals surface area contributed by atoms with Gasteiger partial charge in [0.2, 0.25) is 10.0 Å². The zero-order valence-electron chi connectivity index (χ0n) is 12.6. The maximum atomic E-state index is 11.8. The Morgan fingerprint density at radius 1 is 1.43 bits per heavy atom. The molecule has 0 radical (unpaired) electrons. The SMILES string of the molecule is CCOC(=O)c1cccnc1NCC(C)(C)NS(C)(=O)=O. The fourth-order valence-electron chi connectivity index (χ4n) is 1.76. The molecule has 7 nitrogen and oxygen atoms in total. The zero-order valence-corrected chi connectivity index (χ0v) is 13.5. The van der Waals surface area contributed by atoms with Gasteiger partial charge in [-0.3, -0.25) is 0 Å². The Hall–Kier alpha value is -1.67. The first kappa shape index (κ1) is 17.4. The second-order valence-electron chi connectivity index (χ2n) is 5.23. The van der Waals surface area contributed by atoms with E-state index < -0.39 is 21.5 Å². The van der Waals surface area contributed by atoms with E-state index in [4.69, 9.17) is 4.74 Å². The molecule has 1 rings (SSSR count). The number of carbonyl (C=O) groups excluding carboxylic acids is 1. The maximum absolute atomic E-state index is 11.8. The number of esters is 1. The summed E-state index contributed by atoms with van der Waals surface area (Å²) in [5, 5.41) is 2.98. The maximum Gasteiger partial charge on any atom is 0.341 e. The molecule has 0 aromatic carbocycles. The topological polar surface area (TPSA) is 97.4 Å². The molecule has 8 heteroatoms. The summed E-state index contributed by atoms with van der Waals surface area (Å²) in [6.07, 6.45) is 2.64. The van der Waals surface area contributed by atoms with Gasteiger partial charge >= 0.3 is 5.97 Å². The molecule has 21 heavy (non-hydrogen) atoms. The summed E-state index contributed by atoms with van der Waals surface area (Å²) in [6.45, 7) is 5.72. The summed E-state index contributed by atoms with van der Waals surface area (Å²) in [7, 11) is -3.32. The molecule has 0 saturated heterocycles. The van der Waals surface area contributed by atoms with E-state index in [1.807, 2.05) is 0 Å². The molecular formula is C13H21N3O4S. The van der Waals surface area contributed by atoms with Crippen molar-refractivity contribution in [1.82, 2.24) is 9.71 Å². The number of ether oxygens (including phenoxy) is 1. The molecule has 0 aliphatic heterocycles. The predicted octanol–water partition coefficient (Wildman–Crippen LogP) is 0.998. The number of anilines is 1. The van der Waals surface area contributed by atoms with Crippen molar-refractivity contribution in [3.63, 3.8) is 0 Å². The van der Waals surface area contributed by atoms with Gasteiger partial charge in [-0.15, -0.1) is 0 Å². The Bertz CT molecular complexity index is 599. The van der Waals surface area contributed by atoms with Gasteiger partial charge in [-0.25, -0.2) is 22.9 Å². The van der Waals surface area contributed by atoms with Crippen LogP contribution in [0.1, 0.15) is 31.1 Å². The average molecular weight is 315 g/mol. The average Bonchev–Trinajstić information content (AvgIpc) is 2.34. The summed E-state index contributed by atoms with van der Waals surface area (Å²) in [5.41, 5.74) is -0.411. The van der Waals surface area contributed by atoms with Crippen molar-refractivity contribution in [1.29, 1.82) is 0 Å². The van der Waals surface area contributed by atoms with Gasteiger partial charge in [0, 0.05) is 18.3 Å². The van der Waals surface area contributed by atoms with Crippen molar-refractivity contribution < 1.29 is 17.9 Å². The normalized spacial score (nSPS) is 12.0. The monoisotopic (exact) mass is 315 g/mol. The molecule has 2 N–H and O–H groups in total. The van der Waals surface area contributed by atoms with Gasteiger partial charge < -0.3 is 10.1 Å². The lowest BCUT2D eigenvalue weighted by atomic mass is 10.1. The number of aromatic nitrogens is 1. The number of carbonyl (C=O) groups is 1. The molecule has 0 fully saturated rings. The van der Waals surface area contributed by atoms with Crippen LogP contribution in [0.2, 0.25) is 0 Å². The lowest BCUT2D eigenvalue weighted by molar-refractivity contribution is 0.0527. The predicted molar refractivity (Wildman–Crippen MR) is 80.7 cm³/mol. The Morgan fingerprint density at radius 2 is 2.10 bits per heavy atom. The second-order valence-corrected chi connectivity index (χ2v) is 6.98. The number of sulfonamides is 1. The van der Waals surface area contributed by atoms with E-state index >= 15 is 0 Å². The smallest absolute Gasteiger partial charge is 0.341 e. The third-order valence-electron chi connectivity index (χ3n) is 2.46. The summed E-state index contributed by atoms with van der Waals surface area (Å²) in [5.74, 6) is -0.110. The first-order valence-electron chi connectivity index (χ1n) is 6.49. The van der Waals surface area contributed by atoms with E-state index in [0.717, 1.165) is 6.26 Å². The van der Waals surface area contributed by atoms with Gasteiger partial charge in [0.05, 0.1) is 12.9 Å². The fourth-order valence-corrected chi connectivity index (χ4v) is 2.84. The van der Waals surface area contributed by atoms with Crippen LogP contribution >= 0.6 is 0 Å². The van der Waals surface area contributed by atoms with Gasteiger partial charge in [-0.1, -0.05) is 0 Å². The molecule has 0 saturated carbocycles. The molecule has 1 aromatic heterocycles. The Balaban J connectivity index is 2.82. The fraction of sp³-hybridized carbons (Fsp3) is 0.538. The molecule has 0 amide bonds. The van der Waals surface area contributed by atoms with Crippen molar-refractivity contribution in [2.24, 2.45) is 0 Å². The minimum absolute atomic E-state index is 0.267. The number of rotatable bonds is 7. The van der Waals surface area contributed by atoms with E-state index in [9.17, 15) is 13.2 Å². The van der Waals surface area contributed by atoms with Crippen LogP contribution in [-0.4, -0.2) is 44.3 Å². The van der Waals surface area contributed by atoms with Gasteiger partial charge in [-0.2, -0.15) is 0 Å². The van der Waals surface area contributed by atoms with Crippen molar-refractivity contribution in [3.05, 3.63) is 23.9 Å². The molecule has 0 aliphatic carbocycles. The first-order chi connectivity index (χ1) is 9.64. The van der Waals surface area contributed by atoms with E-state index in [-0.39, 0.29) is 13.2 Å². The number of hydrogen-bond acceptors (Lipinski definition) is 6. The number of nitrogens with zero attached hydrogens (tertiary/aromatic N) is 1. The van der Waals surface area contributed by atoms with Gasteiger partial charge in [0.15, 0.2) is 0 Å². The highest BCUT2D eigenvalue weighted by molar-refractivity contribution is 7.88. The van der Waals surface area contributed by atoms with Crippen molar-refractivity contribution in [3.8, 4) is 0 Å². The van der Waals surface area contributed by atoms with E-state index in [0.29, 0.717) is 11.4 Å². The van der Waals surface area contributed by atoms with Crippen LogP contribution in [-0.2, 0) is 14.8 Å². The summed E-state index contributed by atoms with van der Waals surface area (Å²) in [6, 6.07) is 3.24. The van der Waals surface area contributed by atoms with Crippen LogP contribution in [0.5, 0.6) is 0 Å². The number of pyridine rings is 1. The molecule has 0 aliphatic rings. The number of hydrogen-bond donors (Lipinski definition) is 2. The molecule has 0 spiro atoms. The molecule has 0 bridgehead atoms. The minimum atomic E-state index is -3.32. The third kappa shape index (κ3) is 6.09. The molecule has 0 atom stereocenters. The Labute approximate surface area is 125 Å². The van der Waals surface area contributed by atoms with Crippen LogP contribution in [0.3, 0.4) is 0 Å². The van der Waals surface area contributed by atoms with Crippen LogP contribution in [0, 0.1) is 0 Å². The quantitative estimate of drug-likeness (QED) is 0.729. The van der Waals surface area contributed by atoms with E-state index in [1.165, 1.54) is 0 Å². The lowest BCUT2D eigenvalue weighted by Crippen LogP contribution is -2.48. The second kappa shape index (κ2) is 6.86. The Kier molecular flexibility index (Phi) is 5.68. The summed E-state index contributed by atoms with van der Waals surface area (Å²) >= 11 is 0. The third-order valence-corrected chi connectivity index (χ3v) is 3.39. The van der Waals surface area contributed by atoms with Crippen molar-refractivity contribution in [2.45, 2.75) is 26.3 Å². The lowest BCUT2D eigenvalue weighted by Gasteiger charge is -2.25. The highest BCUT2D eigenvalue weighted by Crippen LogP contribution is 2.14. The molecule has 118 valence electrons. The summed E-state index contributed by atoms with van der Waals surface area (Å²) in [4.78, 5) is 15.9. The Morgan fingerprint density at radius 3 is 2.67 bits per heavy atom. The highest BCUT2D eigenvalue weighted by Gasteiger charge is 2.23. The zero-order chi connectivity index (χ0) is 16.1. The molecule has 1 aromatic rings. The van der Waals surface area contributed by atoms with Crippen LogP contribution < -0.4 is 10.0 Å². The molecule has 1 heterocycles. The first-order valence-corrected chi connectivity index (χ1v) is 8.39. The molecular weight excluding hydrogens is 294 g/mol. The van der Waals surface area contributed by atoms with Gasteiger partial charge in [0.25, 0.3) is 0 Å². The van der Waals surface area contributed by atoms with Gasteiger partial charge in [0.1, 0.15) is 11.4 Å². The van der Waals surface area contributed by atoms with Crippen LogP contribution in [0.25, 0.3) is 0 Å². The van der Waals surface area contributed by atoms with Gasteiger partial charge in [-0.05, 0) is 32.9 Å². The minimum Gasteiger partial charge on any atom is -0.462 e. The summed E-state index contributed by atoms with van der Waals surface area (Å²) < 4.78 is 30.0. The van der Waals surface area contributed by atoms with Crippen LogP contribution in [0.4, 0.5) is 5.82 Å². The van der Waals surface area contributed by atoms with Crippen molar-refractivity contribution >= 4 is 21.8 Å². The largest absolute Gasteiger partial charge is 0.462 e. The number of nitrogens with one attached hydrogen (secondary N) is 2. The standard InChI is InChI=1S/C13H21N3O4S/c1-5-20-12(17)10-7-6-8-14-11(10)15-9-13(2,3)16-21(4,18)19/h6-8,16H,5,9H2,1-4H3,(H,14,15). The highest BCUT2D eigenvalue weighted by atomic mass is 32.2. The van der Waals surface area contributed by atoms with E-state index in [1.54, 1.807) is 39.1 Å². The van der Waals surface area contributed by atoms with Crippen molar-refractivity contribution in [2.75, 3.05) is 24.7 Å². The van der Waals surface area contributed by atoms with Crippen LogP contribution in [0.15, 0.2) is 18.3 Å².